The van der Waals surface area contributed by atoms with Crippen molar-refractivity contribution in [1.82, 2.24) is 5.32 Å². The zero-order chi connectivity index (χ0) is 18.9. The molecule has 0 saturated carbocycles. The molecule has 2 unspecified atom stereocenters. The van der Waals surface area contributed by atoms with Crippen LogP contribution in [0.5, 0.6) is 5.75 Å². The van der Waals surface area contributed by atoms with Crippen molar-refractivity contribution in [2.24, 2.45) is 0 Å². The van der Waals surface area contributed by atoms with E-state index in [2.05, 4.69) is 12.2 Å². The first-order valence-electron chi connectivity index (χ1n) is 8.76. The number of rotatable bonds is 8. The summed E-state index contributed by atoms with van der Waals surface area (Å²) in [6, 6.07) is 16.9. The molecule has 0 fully saturated rings. The average Bonchev–Trinajstić information content (AvgIpc) is 2.66. The summed E-state index contributed by atoms with van der Waals surface area (Å²) in [5, 5.41) is 2.82. The molecule has 0 aliphatic rings. The highest BCUT2D eigenvalue weighted by Gasteiger charge is 2.18. The Hall–Kier alpha value is -2.82. The van der Waals surface area contributed by atoms with E-state index >= 15 is 0 Å². The van der Waals surface area contributed by atoms with E-state index in [1.165, 1.54) is 5.56 Å². The fourth-order valence-electron chi connectivity index (χ4n) is 2.41. The van der Waals surface area contributed by atoms with Gasteiger partial charge in [-0.2, -0.15) is 0 Å². The maximum absolute atomic E-state index is 12.0. The number of esters is 1. The van der Waals surface area contributed by atoms with Crippen molar-refractivity contribution in [2.45, 2.75) is 39.3 Å². The van der Waals surface area contributed by atoms with Gasteiger partial charge in [0.15, 0.2) is 12.7 Å². The predicted molar refractivity (Wildman–Crippen MR) is 99.9 cm³/mol. The van der Waals surface area contributed by atoms with E-state index in [1.807, 2.05) is 49.4 Å². The summed E-state index contributed by atoms with van der Waals surface area (Å²) in [6.45, 7) is 5.24. The first-order chi connectivity index (χ1) is 12.5. The van der Waals surface area contributed by atoms with Crippen molar-refractivity contribution in [3.63, 3.8) is 0 Å². The highest BCUT2D eigenvalue weighted by Crippen LogP contribution is 2.14. The third-order valence-electron chi connectivity index (χ3n) is 4.00. The summed E-state index contributed by atoms with van der Waals surface area (Å²) < 4.78 is 10.5. The third-order valence-corrected chi connectivity index (χ3v) is 4.00. The molecule has 0 bridgehead atoms. The van der Waals surface area contributed by atoms with Gasteiger partial charge in [0.25, 0.3) is 5.91 Å². The molecule has 138 valence electrons. The smallest absolute Gasteiger partial charge is 0.347 e. The molecule has 0 aliphatic carbocycles. The predicted octanol–water partition coefficient (Wildman–Crippen LogP) is 3.44. The second-order valence-corrected chi connectivity index (χ2v) is 6.07. The minimum atomic E-state index is -0.788. The number of para-hydroxylation sites is 1. The molecule has 2 aromatic rings. The Bertz CT molecular complexity index is 713. The van der Waals surface area contributed by atoms with Crippen molar-refractivity contribution in [3.8, 4) is 5.75 Å². The standard InChI is InChI=1S/C21H25NO4/c1-4-17-10-12-18(13-11-17)15(2)22-20(23)14-25-21(24)16(3)26-19-8-6-5-7-9-19/h5-13,15-16H,4,14H2,1-3H3,(H,22,23). The van der Waals surface area contributed by atoms with Crippen LogP contribution >= 0.6 is 0 Å². The summed E-state index contributed by atoms with van der Waals surface area (Å²) >= 11 is 0. The lowest BCUT2D eigenvalue weighted by Crippen LogP contribution is -2.34. The van der Waals surface area contributed by atoms with E-state index in [-0.39, 0.29) is 18.6 Å². The molecule has 1 N–H and O–H groups in total. The maximum atomic E-state index is 12.0. The van der Waals surface area contributed by atoms with Gasteiger partial charge in [-0.05, 0) is 43.5 Å². The first-order valence-corrected chi connectivity index (χ1v) is 8.76. The fraction of sp³-hybridized carbons (Fsp3) is 0.333. The Morgan fingerprint density at radius 1 is 1.00 bits per heavy atom. The molecule has 2 atom stereocenters. The number of benzene rings is 2. The molecule has 26 heavy (non-hydrogen) atoms. The number of ether oxygens (including phenoxy) is 2. The molecule has 5 nitrogen and oxygen atoms in total. The molecular formula is C21H25NO4. The van der Waals surface area contributed by atoms with Gasteiger partial charge in [-0.25, -0.2) is 4.79 Å². The Labute approximate surface area is 154 Å². The van der Waals surface area contributed by atoms with Crippen LogP contribution in [0.2, 0.25) is 0 Å². The lowest BCUT2D eigenvalue weighted by molar-refractivity contribution is -0.154. The summed E-state index contributed by atoms with van der Waals surface area (Å²) in [6.07, 6.45) is 0.185. The van der Waals surface area contributed by atoms with Crippen molar-refractivity contribution >= 4 is 11.9 Å². The van der Waals surface area contributed by atoms with Crippen LogP contribution in [0.25, 0.3) is 0 Å². The Balaban J connectivity index is 1.77. The van der Waals surface area contributed by atoms with Crippen LogP contribution in [0.1, 0.15) is 37.9 Å². The van der Waals surface area contributed by atoms with Crippen LogP contribution in [0, 0.1) is 0 Å². The van der Waals surface area contributed by atoms with Gasteiger partial charge in [0.1, 0.15) is 5.75 Å². The SMILES string of the molecule is CCc1ccc(C(C)NC(=O)COC(=O)C(C)Oc2ccccc2)cc1. The van der Waals surface area contributed by atoms with Crippen LogP contribution in [0.15, 0.2) is 54.6 Å². The summed E-state index contributed by atoms with van der Waals surface area (Å²) in [4.78, 5) is 24.0. The van der Waals surface area contributed by atoms with Gasteiger partial charge >= 0.3 is 5.97 Å². The molecule has 2 aromatic carbocycles. The normalized spacial score (nSPS) is 12.7. The molecule has 5 heteroatoms. The number of carbonyl (C=O) groups excluding carboxylic acids is 2. The molecule has 0 radical (unpaired) electrons. The number of hydrogen-bond donors (Lipinski definition) is 1. The minimum Gasteiger partial charge on any atom is -0.479 e. The number of amides is 1. The Morgan fingerprint density at radius 3 is 2.27 bits per heavy atom. The molecule has 0 aliphatic heterocycles. The second-order valence-electron chi connectivity index (χ2n) is 6.07. The van der Waals surface area contributed by atoms with Gasteiger partial charge in [-0.1, -0.05) is 49.4 Å². The largest absolute Gasteiger partial charge is 0.479 e. The molecule has 2 rings (SSSR count). The number of aryl methyl sites for hydroxylation is 1. The summed E-state index contributed by atoms with van der Waals surface area (Å²) in [5.41, 5.74) is 2.25. The van der Waals surface area contributed by atoms with Gasteiger partial charge in [0, 0.05) is 0 Å². The zero-order valence-corrected chi connectivity index (χ0v) is 15.4. The maximum Gasteiger partial charge on any atom is 0.347 e. The van der Waals surface area contributed by atoms with Gasteiger partial charge in [-0.3, -0.25) is 4.79 Å². The van der Waals surface area contributed by atoms with Crippen LogP contribution in [-0.4, -0.2) is 24.6 Å². The summed E-state index contributed by atoms with van der Waals surface area (Å²) in [7, 11) is 0. The van der Waals surface area contributed by atoms with Gasteiger partial charge in [0.05, 0.1) is 6.04 Å². The third kappa shape index (κ3) is 5.92. The van der Waals surface area contributed by atoms with E-state index in [1.54, 1.807) is 19.1 Å². The number of carbonyl (C=O) groups is 2. The highest BCUT2D eigenvalue weighted by molar-refractivity contribution is 5.82. The molecule has 0 aromatic heterocycles. The van der Waals surface area contributed by atoms with Crippen molar-refractivity contribution < 1.29 is 19.1 Å². The van der Waals surface area contributed by atoms with E-state index in [4.69, 9.17) is 9.47 Å². The molecule has 1 amide bonds. The Kier molecular flexibility index (Phi) is 7.21. The van der Waals surface area contributed by atoms with Crippen LogP contribution in [0.3, 0.4) is 0 Å². The molecular weight excluding hydrogens is 330 g/mol. The van der Waals surface area contributed by atoms with Crippen molar-refractivity contribution in [1.29, 1.82) is 0 Å². The Morgan fingerprint density at radius 2 is 1.65 bits per heavy atom. The first kappa shape index (κ1) is 19.5. The van der Waals surface area contributed by atoms with E-state index in [0.29, 0.717) is 5.75 Å². The van der Waals surface area contributed by atoms with Crippen LogP contribution in [-0.2, 0) is 20.7 Å². The summed E-state index contributed by atoms with van der Waals surface area (Å²) in [5.74, 6) is -0.355. The van der Waals surface area contributed by atoms with Crippen LogP contribution < -0.4 is 10.1 Å². The fourth-order valence-corrected chi connectivity index (χ4v) is 2.41. The zero-order valence-electron chi connectivity index (χ0n) is 15.4. The lowest BCUT2D eigenvalue weighted by atomic mass is 10.1. The van der Waals surface area contributed by atoms with Gasteiger partial charge in [0.2, 0.25) is 0 Å². The topological polar surface area (TPSA) is 64.6 Å². The molecule has 0 spiro atoms. The molecule has 0 saturated heterocycles. The quantitative estimate of drug-likeness (QED) is 0.737. The average molecular weight is 355 g/mol. The van der Waals surface area contributed by atoms with E-state index < -0.39 is 12.1 Å². The van der Waals surface area contributed by atoms with E-state index in [0.717, 1.165) is 12.0 Å². The minimum absolute atomic E-state index is 0.162. The molecule has 0 heterocycles. The highest BCUT2D eigenvalue weighted by atomic mass is 16.6. The van der Waals surface area contributed by atoms with Crippen LogP contribution in [0.4, 0.5) is 0 Å². The van der Waals surface area contributed by atoms with E-state index in [9.17, 15) is 9.59 Å². The van der Waals surface area contributed by atoms with Crippen molar-refractivity contribution in [3.05, 3.63) is 65.7 Å². The lowest BCUT2D eigenvalue weighted by Gasteiger charge is -2.16. The van der Waals surface area contributed by atoms with Crippen molar-refractivity contribution in [2.75, 3.05) is 6.61 Å². The van der Waals surface area contributed by atoms with Gasteiger partial charge in [-0.15, -0.1) is 0 Å². The van der Waals surface area contributed by atoms with Gasteiger partial charge < -0.3 is 14.8 Å². The monoisotopic (exact) mass is 355 g/mol. The number of nitrogens with one attached hydrogen (secondary N) is 1. The number of hydrogen-bond acceptors (Lipinski definition) is 4. The second kappa shape index (κ2) is 9.61.